The van der Waals surface area contributed by atoms with E-state index in [4.69, 9.17) is 9.57 Å². The summed E-state index contributed by atoms with van der Waals surface area (Å²) in [7, 11) is 1.33. The third-order valence-corrected chi connectivity index (χ3v) is 3.45. The molecule has 126 valence electrons. The van der Waals surface area contributed by atoms with Crippen LogP contribution in [0, 0.1) is 6.92 Å². The third-order valence-electron chi connectivity index (χ3n) is 3.45. The van der Waals surface area contributed by atoms with Crippen LogP contribution in [0.3, 0.4) is 0 Å². The molecule has 24 heavy (non-hydrogen) atoms. The van der Waals surface area contributed by atoms with E-state index in [0.29, 0.717) is 12.4 Å². The van der Waals surface area contributed by atoms with Crippen LogP contribution in [-0.4, -0.2) is 25.4 Å². The van der Waals surface area contributed by atoms with E-state index in [9.17, 15) is 4.79 Å². The Morgan fingerprint density at radius 2 is 1.88 bits per heavy atom. The van der Waals surface area contributed by atoms with E-state index in [1.807, 2.05) is 62.4 Å². The van der Waals surface area contributed by atoms with Crippen molar-refractivity contribution in [2.75, 3.05) is 13.7 Å². The van der Waals surface area contributed by atoms with Crippen molar-refractivity contribution in [2.24, 2.45) is 5.16 Å². The van der Waals surface area contributed by atoms with Crippen LogP contribution < -0.4 is 4.74 Å². The summed E-state index contributed by atoms with van der Waals surface area (Å²) in [5.74, 6) is 0.201. The molecule has 0 aliphatic carbocycles. The van der Waals surface area contributed by atoms with Crippen molar-refractivity contribution in [1.29, 1.82) is 0 Å². The molecule has 0 fully saturated rings. The minimum absolute atomic E-state index is 0.124. The minimum atomic E-state index is -0.420. The SMILES string of the molecule is COC(=O)COc1cc(/C(C)=N/OCc2ccccc2)ccc1C. The Balaban J connectivity index is 2.01. The molecule has 0 heterocycles. The third kappa shape index (κ3) is 5.12. The van der Waals surface area contributed by atoms with Crippen LogP contribution in [0.1, 0.15) is 23.6 Å². The standard InChI is InChI=1S/C19H21NO4/c1-14-9-10-17(11-18(14)23-13-19(21)22-3)15(2)20-24-12-16-7-5-4-6-8-16/h4-11H,12-13H2,1-3H3/b20-15+. The first-order valence-electron chi connectivity index (χ1n) is 7.61. The second-order valence-corrected chi connectivity index (χ2v) is 5.28. The predicted molar refractivity (Wildman–Crippen MR) is 92.1 cm³/mol. The molecule has 0 radical (unpaired) electrons. The fraction of sp³-hybridized carbons (Fsp3) is 0.263. The Hall–Kier alpha value is -2.82. The van der Waals surface area contributed by atoms with Gasteiger partial charge in [0.1, 0.15) is 12.4 Å². The molecular weight excluding hydrogens is 306 g/mol. The first-order valence-corrected chi connectivity index (χ1v) is 7.61. The zero-order valence-electron chi connectivity index (χ0n) is 14.1. The van der Waals surface area contributed by atoms with Gasteiger partial charge in [-0.1, -0.05) is 47.6 Å². The molecule has 2 aromatic rings. The molecule has 0 bridgehead atoms. The van der Waals surface area contributed by atoms with Gasteiger partial charge in [0.05, 0.1) is 12.8 Å². The number of ether oxygens (including phenoxy) is 2. The highest BCUT2D eigenvalue weighted by Crippen LogP contribution is 2.20. The van der Waals surface area contributed by atoms with Crippen molar-refractivity contribution in [3.8, 4) is 5.75 Å². The number of carbonyl (C=O) groups excluding carboxylic acids is 1. The van der Waals surface area contributed by atoms with Crippen LogP contribution in [0.4, 0.5) is 0 Å². The van der Waals surface area contributed by atoms with Gasteiger partial charge in [0.15, 0.2) is 6.61 Å². The fourth-order valence-electron chi connectivity index (χ4n) is 2.01. The highest BCUT2D eigenvalue weighted by Gasteiger charge is 2.07. The number of methoxy groups -OCH3 is 1. The first-order chi connectivity index (χ1) is 11.6. The van der Waals surface area contributed by atoms with Gasteiger partial charge in [0, 0.05) is 5.56 Å². The lowest BCUT2D eigenvalue weighted by molar-refractivity contribution is -0.142. The number of hydrogen-bond donors (Lipinski definition) is 0. The van der Waals surface area contributed by atoms with Crippen molar-refractivity contribution >= 4 is 11.7 Å². The maximum Gasteiger partial charge on any atom is 0.343 e. The second kappa shape index (κ2) is 8.72. The van der Waals surface area contributed by atoms with Crippen molar-refractivity contribution in [1.82, 2.24) is 0 Å². The maximum atomic E-state index is 11.2. The maximum absolute atomic E-state index is 11.2. The van der Waals surface area contributed by atoms with Crippen LogP contribution in [0.2, 0.25) is 0 Å². The van der Waals surface area contributed by atoms with Crippen LogP contribution in [0.15, 0.2) is 53.7 Å². The molecule has 0 unspecified atom stereocenters. The first kappa shape index (κ1) is 17.5. The van der Waals surface area contributed by atoms with Gasteiger partial charge in [0.25, 0.3) is 0 Å². The molecule has 0 saturated heterocycles. The van der Waals surface area contributed by atoms with Gasteiger partial charge in [-0.2, -0.15) is 0 Å². The molecule has 0 atom stereocenters. The van der Waals surface area contributed by atoms with Gasteiger partial charge < -0.3 is 14.3 Å². The molecule has 0 aliphatic rings. The lowest BCUT2D eigenvalue weighted by atomic mass is 10.1. The Kier molecular flexibility index (Phi) is 6.37. The average Bonchev–Trinajstić information content (AvgIpc) is 2.61. The summed E-state index contributed by atoms with van der Waals surface area (Å²) in [6, 6.07) is 15.5. The summed E-state index contributed by atoms with van der Waals surface area (Å²) < 4.78 is 10.1. The predicted octanol–water partition coefficient (Wildman–Crippen LogP) is 3.49. The molecule has 0 aromatic heterocycles. The second-order valence-electron chi connectivity index (χ2n) is 5.28. The van der Waals surface area contributed by atoms with E-state index >= 15 is 0 Å². The number of esters is 1. The minimum Gasteiger partial charge on any atom is -0.482 e. The molecule has 0 amide bonds. The Morgan fingerprint density at radius 3 is 2.58 bits per heavy atom. The average molecular weight is 327 g/mol. The topological polar surface area (TPSA) is 57.1 Å². The number of oxime groups is 1. The Morgan fingerprint density at radius 1 is 1.12 bits per heavy atom. The summed E-state index contributed by atoms with van der Waals surface area (Å²) in [5.41, 5.74) is 3.59. The molecule has 0 N–H and O–H groups in total. The van der Waals surface area contributed by atoms with E-state index in [1.54, 1.807) is 0 Å². The van der Waals surface area contributed by atoms with Gasteiger partial charge in [0.2, 0.25) is 0 Å². The number of carbonyl (C=O) groups is 1. The highest BCUT2D eigenvalue weighted by molar-refractivity contribution is 5.98. The van der Waals surface area contributed by atoms with E-state index in [-0.39, 0.29) is 6.61 Å². The van der Waals surface area contributed by atoms with E-state index in [0.717, 1.165) is 22.4 Å². The molecule has 0 spiro atoms. The normalized spacial score (nSPS) is 11.0. The Bertz CT molecular complexity index is 711. The number of nitrogens with zero attached hydrogens (tertiary/aromatic N) is 1. The van der Waals surface area contributed by atoms with Crippen molar-refractivity contribution in [2.45, 2.75) is 20.5 Å². The van der Waals surface area contributed by atoms with Gasteiger partial charge in [-0.05, 0) is 31.0 Å². The molecule has 5 heteroatoms. The fourth-order valence-corrected chi connectivity index (χ4v) is 2.01. The van der Waals surface area contributed by atoms with Crippen LogP contribution >= 0.6 is 0 Å². The van der Waals surface area contributed by atoms with Gasteiger partial charge >= 0.3 is 5.97 Å². The van der Waals surface area contributed by atoms with Crippen LogP contribution in [0.5, 0.6) is 5.75 Å². The monoisotopic (exact) mass is 327 g/mol. The summed E-state index contributed by atoms with van der Waals surface area (Å²) in [4.78, 5) is 16.6. The summed E-state index contributed by atoms with van der Waals surface area (Å²) in [5, 5.41) is 4.14. The van der Waals surface area contributed by atoms with Crippen LogP contribution in [-0.2, 0) is 21.0 Å². The number of rotatable bonds is 7. The van der Waals surface area contributed by atoms with E-state index in [2.05, 4.69) is 9.89 Å². The lowest BCUT2D eigenvalue weighted by Gasteiger charge is -2.10. The van der Waals surface area contributed by atoms with Gasteiger partial charge in [-0.15, -0.1) is 0 Å². The summed E-state index contributed by atoms with van der Waals surface area (Å²) in [6.07, 6.45) is 0. The molecular formula is C19H21NO4. The number of hydrogen-bond acceptors (Lipinski definition) is 5. The van der Waals surface area contributed by atoms with E-state index in [1.165, 1.54) is 7.11 Å². The van der Waals surface area contributed by atoms with Crippen molar-refractivity contribution < 1.29 is 19.1 Å². The van der Waals surface area contributed by atoms with Crippen molar-refractivity contribution in [3.63, 3.8) is 0 Å². The highest BCUT2D eigenvalue weighted by atomic mass is 16.6. The van der Waals surface area contributed by atoms with Gasteiger partial charge in [-0.3, -0.25) is 0 Å². The quantitative estimate of drug-likeness (QED) is 0.444. The zero-order chi connectivity index (χ0) is 17.4. The molecule has 2 aromatic carbocycles. The Labute approximate surface area is 141 Å². The molecule has 0 saturated carbocycles. The number of benzene rings is 2. The largest absolute Gasteiger partial charge is 0.482 e. The van der Waals surface area contributed by atoms with E-state index < -0.39 is 5.97 Å². The summed E-state index contributed by atoms with van der Waals surface area (Å²) >= 11 is 0. The lowest BCUT2D eigenvalue weighted by Crippen LogP contribution is -2.13. The molecule has 5 nitrogen and oxygen atoms in total. The molecule has 2 rings (SSSR count). The van der Waals surface area contributed by atoms with Gasteiger partial charge in [-0.25, -0.2) is 4.79 Å². The van der Waals surface area contributed by atoms with Crippen LogP contribution in [0.25, 0.3) is 0 Å². The molecule has 0 aliphatic heterocycles. The van der Waals surface area contributed by atoms with Crippen molar-refractivity contribution in [3.05, 3.63) is 65.2 Å². The smallest absolute Gasteiger partial charge is 0.343 e. The zero-order valence-corrected chi connectivity index (χ0v) is 14.1. The summed E-state index contributed by atoms with van der Waals surface area (Å²) in [6.45, 7) is 4.06. The number of aryl methyl sites for hydroxylation is 1.